The normalized spacial score (nSPS) is 12.0. The van der Waals surface area contributed by atoms with Crippen molar-refractivity contribution in [3.63, 3.8) is 0 Å². The Kier molecular flexibility index (Phi) is 5.45. The number of carbonyl (C=O) groups is 1. The molecule has 1 heterocycles. The molecule has 21 heavy (non-hydrogen) atoms. The lowest BCUT2D eigenvalue weighted by Gasteiger charge is -2.13. The van der Waals surface area contributed by atoms with Gasteiger partial charge in [0.05, 0.1) is 21.8 Å². The summed E-state index contributed by atoms with van der Waals surface area (Å²) < 4.78 is 5.38. The number of ether oxygens (including phenoxy) is 1. The molecule has 0 saturated carbocycles. The molecule has 0 saturated heterocycles. The van der Waals surface area contributed by atoms with Crippen LogP contribution in [-0.2, 0) is 4.79 Å². The first-order valence-corrected chi connectivity index (χ1v) is 7.88. The van der Waals surface area contributed by atoms with Gasteiger partial charge in [-0.1, -0.05) is 23.2 Å². The molecule has 4 nitrogen and oxygen atoms in total. The molecular weight excluding hydrogens is 331 g/mol. The molecule has 1 N–H and O–H groups in total. The smallest absolute Gasteiger partial charge is 0.258 e. The van der Waals surface area contributed by atoms with Crippen molar-refractivity contribution in [2.75, 3.05) is 6.61 Å². The standard InChI is InChI=1S/C14H14Cl2N2O2S/c1-8(12-7-21-9(2)18-12)17-14(19)6-20-13-5-10(15)3-4-11(13)16/h3-5,7-8H,6H2,1-2H3,(H,17,19). The topological polar surface area (TPSA) is 51.2 Å². The van der Waals surface area contributed by atoms with Gasteiger partial charge in [-0.3, -0.25) is 4.79 Å². The van der Waals surface area contributed by atoms with Crippen LogP contribution in [0.3, 0.4) is 0 Å². The second-order valence-electron chi connectivity index (χ2n) is 4.44. The lowest BCUT2D eigenvalue weighted by molar-refractivity contribution is -0.123. The summed E-state index contributed by atoms with van der Waals surface area (Å²) in [5.74, 6) is 0.140. The lowest BCUT2D eigenvalue weighted by Crippen LogP contribution is -2.31. The first-order valence-electron chi connectivity index (χ1n) is 6.25. The molecule has 112 valence electrons. The molecule has 0 aliphatic heterocycles. The number of aromatic nitrogens is 1. The number of nitrogens with one attached hydrogen (secondary N) is 1. The lowest BCUT2D eigenvalue weighted by atomic mass is 10.2. The number of nitrogens with zero attached hydrogens (tertiary/aromatic N) is 1. The summed E-state index contributed by atoms with van der Waals surface area (Å²) in [5.41, 5.74) is 0.839. The van der Waals surface area contributed by atoms with Crippen molar-refractivity contribution in [3.8, 4) is 5.75 Å². The van der Waals surface area contributed by atoms with Gasteiger partial charge in [-0.05, 0) is 26.0 Å². The third-order valence-electron chi connectivity index (χ3n) is 2.71. The Bertz CT molecular complexity index is 646. The van der Waals surface area contributed by atoms with Crippen LogP contribution in [0.5, 0.6) is 5.75 Å². The molecule has 1 amide bonds. The molecule has 1 aromatic carbocycles. The van der Waals surface area contributed by atoms with Gasteiger partial charge < -0.3 is 10.1 Å². The minimum atomic E-state index is -0.246. The number of benzene rings is 1. The highest BCUT2D eigenvalue weighted by atomic mass is 35.5. The van der Waals surface area contributed by atoms with E-state index in [4.69, 9.17) is 27.9 Å². The monoisotopic (exact) mass is 344 g/mol. The Hall–Kier alpha value is -1.30. The van der Waals surface area contributed by atoms with Gasteiger partial charge in [0, 0.05) is 16.5 Å². The highest BCUT2D eigenvalue weighted by Crippen LogP contribution is 2.27. The Labute approximate surface area is 137 Å². The summed E-state index contributed by atoms with van der Waals surface area (Å²) in [7, 11) is 0. The summed E-state index contributed by atoms with van der Waals surface area (Å²) in [6.07, 6.45) is 0. The number of halogens is 2. The Morgan fingerprint density at radius 2 is 2.24 bits per heavy atom. The van der Waals surface area contributed by atoms with Gasteiger partial charge in [0.15, 0.2) is 6.61 Å². The van der Waals surface area contributed by atoms with Gasteiger partial charge in [0.1, 0.15) is 5.75 Å². The Morgan fingerprint density at radius 1 is 1.48 bits per heavy atom. The fourth-order valence-electron chi connectivity index (χ4n) is 1.67. The predicted octanol–water partition coefficient (Wildman–Crippen LogP) is 4.01. The van der Waals surface area contributed by atoms with Crippen molar-refractivity contribution in [3.05, 3.63) is 44.3 Å². The van der Waals surface area contributed by atoms with Gasteiger partial charge in [0.25, 0.3) is 5.91 Å². The van der Waals surface area contributed by atoms with Crippen molar-refractivity contribution in [1.29, 1.82) is 0 Å². The summed E-state index contributed by atoms with van der Waals surface area (Å²) in [6.45, 7) is 3.67. The summed E-state index contributed by atoms with van der Waals surface area (Å²) >= 11 is 13.4. The van der Waals surface area contributed by atoms with Crippen molar-refractivity contribution >= 4 is 40.4 Å². The maximum absolute atomic E-state index is 11.9. The van der Waals surface area contributed by atoms with Crippen LogP contribution in [0.4, 0.5) is 0 Å². The van der Waals surface area contributed by atoms with E-state index in [1.165, 1.54) is 0 Å². The molecular formula is C14H14Cl2N2O2S. The van der Waals surface area contributed by atoms with E-state index < -0.39 is 0 Å². The Balaban J connectivity index is 1.89. The second kappa shape index (κ2) is 7.11. The number of hydrogen-bond acceptors (Lipinski definition) is 4. The van der Waals surface area contributed by atoms with E-state index in [0.29, 0.717) is 15.8 Å². The van der Waals surface area contributed by atoms with Crippen LogP contribution >= 0.6 is 34.5 Å². The van der Waals surface area contributed by atoms with Crippen molar-refractivity contribution in [1.82, 2.24) is 10.3 Å². The van der Waals surface area contributed by atoms with Crippen molar-refractivity contribution < 1.29 is 9.53 Å². The molecule has 2 rings (SSSR count). The van der Waals surface area contributed by atoms with Gasteiger partial charge in [-0.25, -0.2) is 4.98 Å². The van der Waals surface area contributed by atoms with E-state index >= 15 is 0 Å². The number of rotatable bonds is 5. The molecule has 1 aromatic heterocycles. The van der Waals surface area contributed by atoms with E-state index in [9.17, 15) is 4.79 Å². The minimum absolute atomic E-state index is 0.131. The van der Waals surface area contributed by atoms with Gasteiger partial charge in [-0.2, -0.15) is 0 Å². The highest BCUT2D eigenvalue weighted by molar-refractivity contribution is 7.09. The van der Waals surface area contributed by atoms with Gasteiger partial charge >= 0.3 is 0 Å². The van der Waals surface area contributed by atoms with E-state index in [0.717, 1.165) is 10.7 Å². The molecule has 1 atom stereocenters. The largest absolute Gasteiger partial charge is 0.482 e. The molecule has 0 bridgehead atoms. The zero-order valence-electron chi connectivity index (χ0n) is 11.5. The van der Waals surface area contributed by atoms with Crippen LogP contribution in [0, 0.1) is 6.92 Å². The Morgan fingerprint density at radius 3 is 2.90 bits per heavy atom. The average Bonchev–Trinajstić information content (AvgIpc) is 2.86. The summed E-state index contributed by atoms with van der Waals surface area (Å²) in [6, 6.07) is 4.69. The van der Waals surface area contributed by atoms with Crippen molar-refractivity contribution in [2.45, 2.75) is 19.9 Å². The zero-order valence-corrected chi connectivity index (χ0v) is 13.9. The molecule has 0 aliphatic carbocycles. The van der Waals surface area contributed by atoms with E-state index in [2.05, 4.69) is 10.3 Å². The second-order valence-corrected chi connectivity index (χ2v) is 6.35. The first kappa shape index (κ1) is 16.1. The SMILES string of the molecule is Cc1nc(C(C)NC(=O)COc2cc(Cl)ccc2Cl)cs1. The summed E-state index contributed by atoms with van der Waals surface area (Å²) in [5, 5.41) is 6.62. The molecule has 0 fully saturated rings. The van der Waals surface area contributed by atoms with Crippen LogP contribution < -0.4 is 10.1 Å². The van der Waals surface area contributed by atoms with E-state index in [1.54, 1.807) is 29.5 Å². The summed E-state index contributed by atoms with van der Waals surface area (Å²) in [4.78, 5) is 16.2. The maximum atomic E-state index is 11.9. The number of thiazole rings is 1. The number of hydrogen-bond donors (Lipinski definition) is 1. The van der Waals surface area contributed by atoms with Gasteiger partial charge in [-0.15, -0.1) is 11.3 Å². The number of amides is 1. The third-order valence-corrected chi connectivity index (χ3v) is 4.05. The average molecular weight is 345 g/mol. The van der Waals surface area contributed by atoms with Crippen LogP contribution in [0.25, 0.3) is 0 Å². The molecule has 1 unspecified atom stereocenters. The van der Waals surface area contributed by atoms with Crippen LogP contribution in [0.1, 0.15) is 23.7 Å². The van der Waals surface area contributed by atoms with E-state index in [-0.39, 0.29) is 18.6 Å². The molecule has 0 spiro atoms. The molecule has 0 radical (unpaired) electrons. The van der Waals surface area contributed by atoms with Crippen molar-refractivity contribution in [2.24, 2.45) is 0 Å². The maximum Gasteiger partial charge on any atom is 0.258 e. The van der Waals surface area contributed by atoms with Crippen LogP contribution in [-0.4, -0.2) is 17.5 Å². The quantitative estimate of drug-likeness (QED) is 0.891. The van der Waals surface area contributed by atoms with E-state index in [1.807, 2.05) is 19.2 Å². The number of carbonyl (C=O) groups excluding carboxylic acids is 1. The van der Waals surface area contributed by atoms with Crippen LogP contribution in [0.15, 0.2) is 23.6 Å². The molecule has 2 aromatic rings. The predicted molar refractivity (Wildman–Crippen MR) is 85.4 cm³/mol. The highest BCUT2D eigenvalue weighted by Gasteiger charge is 2.13. The minimum Gasteiger partial charge on any atom is -0.482 e. The molecule has 0 aliphatic rings. The van der Waals surface area contributed by atoms with Crippen LogP contribution in [0.2, 0.25) is 10.0 Å². The van der Waals surface area contributed by atoms with Gasteiger partial charge in [0.2, 0.25) is 0 Å². The number of aryl methyl sites for hydroxylation is 1. The molecule has 7 heteroatoms. The first-order chi connectivity index (χ1) is 9.95. The fraction of sp³-hybridized carbons (Fsp3) is 0.286. The fourth-order valence-corrected chi connectivity index (χ4v) is 2.71. The zero-order chi connectivity index (χ0) is 15.4. The third kappa shape index (κ3) is 4.59.